The fraction of sp³-hybridized carbons (Fsp3) is 0.429. The zero-order valence-corrected chi connectivity index (χ0v) is 6.70. The monoisotopic (exact) mass is 170 g/mol. The van der Waals surface area contributed by atoms with E-state index in [1.807, 2.05) is 0 Å². The fourth-order valence-electron chi connectivity index (χ4n) is 0.918. The Bertz CT molecular complexity index is 377. The topological polar surface area (TPSA) is 75.1 Å². The summed E-state index contributed by atoms with van der Waals surface area (Å²) in [4.78, 5) is 24.6. The summed E-state index contributed by atoms with van der Waals surface area (Å²) in [5, 5.41) is 8.55. The minimum absolute atomic E-state index is 0.0375. The first-order valence-corrected chi connectivity index (χ1v) is 3.57. The highest BCUT2D eigenvalue weighted by molar-refractivity contribution is 5.00. The van der Waals surface area contributed by atoms with Crippen LogP contribution >= 0.6 is 0 Å². The molecule has 1 heterocycles. The van der Waals surface area contributed by atoms with Gasteiger partial charge in [0.15, 0.2) is 0 Å². The van der Waals surface area contributed by atoms with Gasteiger partial charge in [-0.15, -0.1) is 0 Å². The molecular weight excluding hydrogens is 160 g/mol. The first-order valence-electron chi connectivity index (χ1n) is 3.57. The normalized spacial score (nSPS) is 10.2. The number of aliphatic hydroxyl groups is 1. The third-order valence-electron chi connectivity index (χ3n) is 1.56. The van der Waals surface area contributed by atoms with E-state index in [4.69, 9.17) is 5.11 Å². The van der Waals surface area contributed by atoms with Crippen molar-refractivity contribution < 1.29 is 5.11 Å². The summed E-state index contributed by atoms with van der Waals surface area (Å²) in [5.41, 5.74) is -0.379. The number of rotatable bonds is 2. The number of H-pyrrole nitrogens is 1. The Morgan fingerprint density at radius 1 is 1.58 bits per heavy atom. The van der Waals surface area contributed by atoms with Crippen molar-refractivity contribution in [3.05, 3.63) is 32.6 Å². The maximum atomic E-state index is 11.2. The number of hydrogen-bond donors (Lipinski definition) is 2. The maximum absolute atomic E-state index is 11.2. The van der Waals surface area contributed by atoms with Crippen LogP contribution in [0.2, 0.25) is 0 Å². The Morgan fingerprint density at radius 3 is 2.83 bits per heavy atom. The molecule has 0 amide bonds. The van der Waals surface area contributed by atoms with Gasteiger partial charge in [-0.3, -0.25) is 9.36 Å². The van der Waals surface area contributed by atoms with Gasteiger partial charge in [0.25, 0.3) is 5.56 Å². The second-order valence-electron chi connectivity index (χ2n) is 2.46. The molecular formula is C7H10N2O3. The van der Waals surface area contributed by atoms with Crippen molar-refractivity contribution in [2.24, 2.45) is 0 Å². The van der Waals surface area contributed by atoms with Gasteiger partial charge in [-0.05, 0) is 6.92 Å². The van der Waals surface area contributed by atoms with Crippen LogP contribution in [0.15, 0.2) is 15.8 Å². The lowest BCUT2D eigenvalue weighted by Gasteiger charge is -2.01. The highest BCUT2D eigenvalue weighted by Gasteiger charge is 2.01. The van der Waals surface area contributed by atoms with E-state index in [-0.39, 0.29) is 18.7 Å². The number of nitrogens with one attached hydrogen (secondary N) is 1. The average molecular weight is 170 g/mol. The summed E-state index contributed by atoms with van der Waals surface area (Å²) in [6, 6.07) is 0. The number of aliphatic hydroxyl groups excluding tert-OH is 1. The quantitative estimate of drug-likeness (QED) is 0.587. The summed E-state index contributed by atoms with van der Waals surface area (Å²) in [7, 11) is 0. The highest BCUT2D eigenvalue weighted by Crippen LogP contribution is 1.79. The van der Waals surface area contributed by atoms with Crippen LogP contribution < -0.4 is 11.2 Å². The van der Waals surface area contributed by atoms with Crippen molar-refractivity contribution in [2.75, 3.05) is 6.61 Å². The average Bonchev–Trinajstić information content (AvgIpc) is 2.06. The van der Waals surface area contributed by atoms with Crippen LogP contribution in [0.5, 0.6) is 0 Å². The number of nitrogens with zero attached hydrogens (tertiary/aromatic N) is 1. The molecule has 5 nitrogen and oxygen atoms in total. The second kappa shape index (κ2) is 3.36. The van der Waals surface area contributed by atoms with Gasteiger partial charge in [0.05, 0.1) is 13.2 Å². The maximum Gasteiger partial charge on any atom is 0.328 e. The summed E-state index contributed by atoms with van der Waals surface area (Å²) in [6.45, 7) is 1.43. The molecule has 2 N–H and O–H groups in total. The van der Waals surface area contributed by atoms with Crippen molar-refractivity contribution in [3.8, 4) is 0 Å². The molecule has 1 aromatic heterocycles. The van der Waals surface area contributed by atoms with Gasteiger partial charge >= 0.3 is 5.69 Å². The molecule has 0 bridgehead atoms. The van der Waals surface area contributed by atoms with Crippen molar-refractivity contribution in [1.29, 1.82) is 0 Å². The number of aryl methyl sites for hydroxylation is 1. The summed E-state index contributed by atoms with van der Waals surface area (Å²) in [5.74, 6) is 0. The molecule has 0 unspecified atom stereocenters. The molecule has 0 saturated carbocycles. The van der Waals surface area contributed by atoms with Crippen molar-refractivity contribution in [1.82, 2.24) is 9.55 Å². The van der Waals surface area contributed by atoms with E-state index in [0.717, 1.165) is 4.57 Å². The van der Waals surface area contributed by atoms with Gasteiger partial charge < -0.3 is 10.1 Å². The summed E-state index contributed by atoms with van der Waals surface area (Å²) in [6.07, 6.45) is 1.36. The molecule has 5 heteroatoms. The van der Waals surface area contributed by atoms with Gasteiger partial charge in [0, 0.05) is 11.8 Å². The lowest BCUT2D eigenvalue weighted by atomic mass is 10.4. The zero-order valence-electron chi connectivity index (χ0n) is 6.70. The third kappa shape index (κ3) is 1.45. The smallest absolute Gasteiger partial charge is 0.328 e. The first kappa shape index (κ1) is 8.73. The lowest BCUT2D eigenvalue weighted by molar-refractivity contribution is 0.271. The zero-order chi connectivity index (χ0) is 9.14. The van der Waals surface area contributed by atoms with E-state index in [1.54, 1.807) is 6.92 Å². The standard InChI is InChI=1S/C7H10N2O3/c1-5-4-8-7(12)9(2-3-10)6(5)11/h4,10H,2-3H2,1H3,(H,8,12). The Balaban J connectivity index is 3.34. The molecule has 66 valence electrons. The molecule has 0 saturated heterocycles. The Hall–Kier alpha value is -1.36. The van der Waals surface area contributed by atoms with Gasteiger partial charge in [0.1, 0.15) is 0 Å². The second-order valence-corrected chi connectivity index (χ2v) is 2.46. The molecule has 1 rings (SSSR count). The molecule has 0 fully saturated rings. The van der Waals surface area contributed by atoms with Crippen molar-refractivity contribution in [3.63, 3.8) is 0 Å². The minimum Gasteiger partial charge on any atom is -0.395 e. The molecule has 0 aliphatic heterocycles. The molecule has 0 aliphatic rings. The molecule has 0 atom stereocenters. The Morgan fingerprint density at radius 2 is 2.25 bits per heavy atom. The van der Waals surface area contributed by atoms with Crippen LogP contribution in [-0.2, 0) is 6.54 Å². The van der Waals surface area contributed by atoms with Crippen LogP contribution in [0.25, 0.3) is 0 Å². The SMILES string of the molecule is Cc1c[nH]c(=O)n(CCO)c1=O. The van der Waals surface area contributed by atoms with Crippen LogP contribution in [0.1, 0.15) is 5.56 Å². The summed E-state index contributed by atoms with van der Waals surface area (Å²) < 4.78 is 0.968. The van der Waals surface area contributed by atoms with E-state index < -0.39 is 5.69 Å². The van der Waals surface area contributed by atoms with E-state index in [1.165, 1.54) is 6.20 Å². The Kier molecular flexibility index (Phi) is 2.44. The Labute approximate surface area is 68.3 Å². The van der Waals surface area contributed by atoms with Crippen LogP contribution in [0.3, 0.4) is 0 Å². The molecule has 12 heavy (non-hydrogen) atoms. The van der Waals surface area contributed by atoms with Crippen LogP contribution in [0.4, 0.5) is 0 Å². The number of aromatic amines is 1. The highest BCUT2D eigenvalue weighted by atomic mass is 16.3. The summed E-state index contributed by atoms with van der Waals surface area (Å²) >= 11 is 0. The van der Waals surface area contributed by atoms with Crippen molar-refractivity contribution in [2.45, 2.75) is 13.5 Å². The van der Waals surface area contributed by atoms with Crippen LogP contribution in [-0.4, -0.2) is 21.3 Å². The van der Waals surface area contributed by atoms with Gasteiger partial charge in [-0.2, -0.15) is 0 Å². The number of aromatic nitrogens is 2. The van der Waals surface area contributed by atoms with E-state index in [0.29, 0.717) is 5.56 Å². The first-order chi connectivity index (χ1) is 5.66. The minimum atomic E-state index is -0.486. The predicted octanol–water partition coefficient (Wildman–Crippen LogP) is -1.16. The third-order valence-corrected chi connectivity index (χ3v) is 1.56. The van der Waals surface area contributed by atoms with E-state index in [2.05, 4.69) is 4.98 Å². The molecule has 1 aromatic rings. The predicted molar refractivity (Wildman–Crippen MR) is 43.1 cm³/mol. The fourth-order valence-corrected chi connectivity index (χ4v) is 0.918. The largest absolute Gasteiger partial charge is 0.395 e. The molecule has 0 spiro atoms. The van der Waals surface area contributed by atoms with Gasteiger partial charge in [-0.1, -0.05) is 0 Å². The van der Waals surface area contributed by atoms with Gasteiger partial charge in [-0.25, -0.2) is 4.79 Å². The van der Waals surface area contributed by atoms with Crippen molar-refractivity contribution >= 4 is 0 Å². The molecule has 0 aliphatic carbocycles. The van der Waals surface area contributed by atoms with E-state index in [9.17, 15) is 9.59 Å². The number of hydrogen-bond acceptors (Lipinski definition) is 3. The van der Waals surface area contributed by atoms with E-state index >= 15 is 0 Å². The molecule has 0 aromatic carbocycles. The lowest BCUT2D eigenvalue weighted by Crippen LogP contribution is -2.36. The van der Waals surface area contributed by atoms with Crippen LogP contribution in [0, 0.1) is 6.92 Å². The molecule has 0 radical (unpaired) electrons. The van der Waals surface area contributed by atoms with Gasteiger partial charge in [0.2, 0.25) is 0 Å².